The van der Waals surface area contributed by atoms with Gasteiger partial charge in [-0.15, -0.1) is 0 Å². The van der Waals surface area contributed by atoms with E-state index in [1.807, 2.05) is 55.5 Å². The van der Waals surface area contributed by atoms with Crippen LogP contribution in [0.3, 0.4) is 0 Å². The van der Waals surface area contributed by atoms with Crippen LogP contribution in [0.25, 0.3) is 11.1 Å². The smallest absolute Gasteiger partial charge is 0.407 e. The van der Waals surface area contributed by atoms with Crippen LogP contribution in [-0.4, -0.2) is 58.0 Å². The molecule has 0 radical (unpaired) electrons. The number of carbonyl (C=O) groups is 2. The fraction of sp³-hybridized carbons (Fsp3) is 0.278. The Bertz CT molecular complexity index is 1700. The molecular formula is C36H37N3O7. The molecule has 2 amide bonds. The molecule has 0 aromatic heterocycles. The summed E-state index contributed by atoms with van der Waals surface area (Å²) in [6.45, 7) is 2.27. The number of nitrogens with zero attached hydrogens (tertiary/aromatic N) is 1. The molecule has 1 saturated heterocycles. The van der Waals surface area contributed by atoms with E-state index in [1.165, 1.54) is 7.11 Å². The zero-order valence-electron chi connectivity index (χ0n) is 26.2. The molecule has 0 saturated carbocycles. The summed E-state index contributed by atoms with van der Waals surface area (Å²) in [6.07, 6.45) is -0.664. The zero-order valence-corrected chi connectivity index (χ0v) is 26.2. The van der Waals surface area contributed by atoms with Gasteiger partial charge >= 0.3 is 6.09 Å². The van der Waals surface area contributed by atoms with E-state index in [0.717, 1.165) is 33.4 Å². The Balaban J connectivity index is 1.18. The highest BCUT2D eigenvalue weighted by molar-refractivity contribution is 5.86. The quantitative estimate of drug-likeness (QED) is 0.158. The molecule has 10 heteroatoms. The fourth-order valence-electron chi connectivity index (χ4n) is 6.43. The van der Waals surface area contributed by atoms with Gasteiger partial charge in [-0.2, -0.15) is 0 Å². The highest BCUT2D eigenvalue weighted by Gasteiger charge is 2.53. The summed E-state index contributed by atoms with van der Waals surface area (Å²) in [5.74, 6) is 1.59. The van der Waals surface area contributed by atoms with Crippen LogP contribution in [0.4, 0.5) is 10.5 Å². The lowest BCUT2D eigenvalue weighted by molar-refractivity contribution is -0.125. The molecule has 2 aliphatic rings. The molecule has 238 valence electrons. The number of benzene rings is 4. The van der Waals surface area contributed by atoms with E-state index in [0.29, 0.717) is 35.3 Å². The normalized spacial score (nSPS) is 16.2. The topological polar surface area (TPSA) is 121 Å². The number of hydrogen-bond acceptors (Lipinski definition) is 8. The Morgan fingerprint density at radius 2 is 1.39 bits per heavy atom. The number of rotatable bonds is 11. The standard InChI is InChI=1S/C36H37N3O7/c1-5-45-29-15-14-21(16-28(29)37)33-34(22-17-30(42-2)35(44-4)31(18-22)43-3)39(33)32(40)19-38-36(41)46-20-27-25-12-8-6-10-23(25)24-11-7-9-13-26(24)27/h6-18,27,33-34H,5,19-20,37H2,1-4H3,(H,38,41). The van der Waals surface area contributed by atoms with Gasteiger partial charge in [0.2, 0.25) is 11.7 Å². The Morgan fingerprint density at radius 3 is 1.96 bits per heavy atom. The zero-order chi connectivity index (χ0) is 32.4. The van der Waals surface area contributed by atoms with Crippen LogP contribution in [-0.2, 0) is 9.53 Å². The van der Waals surface area contributed by atoms with Gasteiger partial charge in [0.25, 0.3) is 0 Å². The first kappa shape index (κ1) is 30.6. The minimum Gasteiger partial charge on any atom is -0.493 e. The maximum atomic E-state index is 13.7. The van der Waals surface area contributed by atoms with Crippen LogP contribution in [0.5, 0.6) is 23.0 Å². The number of nitrogens with one attached hydrogen (secondary N) is 1. The van der Waals surface area contributed by atoms with E-state index < -0.39 is 6.09 Å². The van der Waals surface area contributed by atoms with Gasteiger partial charge in [-0.3, -0.25) is 4.79 Å². The summed E-state index contributed by atoms with van der Waals surface area (Å²) in [6, 6.07) is 24.7. The summed E-state index contributed by atoms with van der Waals surface area (Å²) in [4.78, 5) is 28.2. The van der Waals surface area contributed by atoms with Gasteiger partial charge in [-0.25, -0.2) is 4.79 Å². The van der Waals surface area contributed by atoms with Crippen molar-refractivity contribution >= 4 is 17.7 Å². The molecule has 1 fully saturated rings. The lowest BCUT2D eigenvalue weighted by atomic mass is 9.98. The Kier molecular flexibility index (Phi) is 8.61. The van der Waals surface area contributed by atoms with E-state index in [9.17, 15) is 9.59 Å². The van der Waals surface area contributed by atoms with Gasteiger partial charge in [0, 0.05) is 5.92 Å². The van der Waals surface area contributed by atoms with Crippen LogP contribution in [0.15, 0.2) is 78.9 Å². The van der Waals surface area contributed by atoms with E-state index in [2.05, 4.69) is 29.6 Å². The third-order valence-electron chi connectivity index (χ3n) is 8.53. The summed E-state index contributed by atoms with van der Waals surface area (Å²) in [7, 11) is 4.62. The van der Waals surface area contributed by atoms with Crippen LogP contribution in [0, 0.1) is 0 Å². The van der Waals surface area contributed by atoms with Crippen LogP contribution in [0.2, 0.25) is 0 Å². The number of nitrogen functional groups attached to an aromatic ring is 1. The summed E-state index contributed by atoms with van der Waals surface area (Å²) in [5, 5.41) is 2.65. The second kappa shape index (κ2) is 12.9. The van der Waals surface area contributed by atoms with Crippen molar-refractivity contribution in [3.63, 3.8) is 0 Å². The molecule has 4 aromatic carbocycles. The SMILES string of the molecule is CCOc1ccc(C2C(c3cc(OC)c(OC)c(OC)c3)N2C(=O)CNC(=O)OCC2c3ccccc3-c3ccccc32)cc1N. The number of ether oxygens (including phenoxy) is 5. The Hall–Kier alpha value is -5.38. The predicted octanol–water partition coefficient (Wildman–Crippen LogP) is 5.86. The molecule has 1 aliphatic carbocycles. The van der Waals surface area contributed by atoms with Gasteiger partial charge in [0.1, 0.15) is 18.9 Å². The first-order chi connectivity index (χ1) is 22.4. The largest absolute Gasteiger partial charge is 0.493 e. The van der Waals surface area contributed by atoms with Crippen molar-refractivity contribution in [3.05, 3.63) is 101 Å². The molecule has 6 rings (SSSR count). The van der Waals surface area contributed by atoms with Gasteiger partial charge < -0.3 is 39.6 Å². The van der Waals surface area contributed by atoms with Crippen molar-refractivity contribution < 1.29 is 33.3 Å². The first-order valence-corrected chi connectivity index (χ1v) is 15.1. The number of fused-ring (bicyclic) bond motifs is 3. The average Bonchev–Trinajstić information content (AvgIpc) is 3.75. The van der Waals surface area contributed by atoms with E-state index in [-0.39, 0.29) is 37.1 Å². The van der Waals surface area contributed by atoms with Crippen LogP contribution >= 0.6 is 0 Å². The van der Waals surface area contributed by atoms with Crippen molar-refractivity contribution in [1.29, 1.82) is 0 Å². The Morgan fingerprint density at radius 1 is 0.783 bits per heavy atom. The second-order valence-electron chi connectivity index (χ2n) is 11.1. The summed E-state index contributed by atoms with van der Waals surface area (Å²) in [5.41, 5.74) is 12.9. The van der Waals surface area contributed by atoms with Crippen molar-refractivity contribution in [1.82, 2.24) is 10.2 Å². The number of amides is 2. The van der Waals surface area contributed by atoms with Gasteiger partial charge in [-0.05, 0) is 64.6 Å². The summed E-state index contributed by atoms with van der Waals surface area (Å²) < 4.78 is 27.9. The lowest BCUT2D eigenvalue weighted by Gasteiger charge is -2.15. The number of anilines is 1. The molecule has 10 nitrogen and oxygen atoms in total. The second-order valence-corrected chi connectivity index (χ2v) is 11.1. The number of alkyl carbamates (subject to hydrolysis) is 1. The number of carbonyl (C=O) groups excluding carboxylic acids is 2. The molecular weight excluding hydrogens is 586 g/mol. The summed E-state index contributed by atoms with van der Waals surface area (Å²) >= 11 is 0. The van der Waals surface area contributed by atoms with Crippen molar-refractivity contribution in [3.8, 4) is 34.1 Å². The van der Waals surface area contributed by atoms with Crippen molar-refractivity contribution in [2.75, 3.05) is 46.8 Å². The highest BCUT2D eigenvalue weighted by atomic mass is 16.5. The number of hydrogen-bond donors (Lipinski definition) is 2. The molecule has 0 bridgehead atoms. The average molecular weight is 624 g/mol. The minimum atomic E-state index is -0.664. The molecule has 3 N–H and O–H groups in total. The third kappa shape index (κ3) is 5.62. The van der Waals surface area contributed by atoms with E-state index >= 15 is 0 Å². The third-order valence-corrected chi connectivity index (χ3v) is 8.53. The lowest BCUT2D eigenvalue weighted by Crippen LogP contribution is -2.34. The van der Waals surface area contributed by atoms with E-state index in [1.54, 1.807) is 25.2 Å². The van der Waals surface area contributed by atoms with Crippen molar-refractivity contribution in [2.45, 2.75) is 24.9 Å². The van der Waals surface area contributed by atoms with Crippen LogP contribution < -0.4 is 30.0 Å². The maximum Gasteiger partial charge on any atom is 0.407 e. The number of nitrogens with two attached hydrogens (primary N) is 1. The van der Waals surface area contributed by atoms with Gasteiger partial charge in [0.15, 0.2) is 11.5 Å². The highest BCUT2D eigenvalue weighted by Crippen LogP contribution is 2.57. The van der Waals surface area contributed by atoms with Crippen molar-refractivity contribution in [2.24, 2.45) is 0 Å². The molecule has 4 aromatic rings. The monoisotopic (exact) mass is 623 g/mol. The molecule has 1 aliphatic heterocycles. The first-order valence-electron chi connectivity index (χ1n) is 15.1. The molecule has 1 heterocycles. The molecule has 0 spiro atoms. The van der Waals surface area contributed by atoms with E-state index in [4.69, 9.17) is 29.4 Å². The maximum absolute atomic E-state index is 13.7. The molecule has 2 atom stereocenters. The van der Waals surface area contributed by atoms with Crippen LogP contribution in [0.1, 0.15) is 47.2 Å². The van der Waals surface area contributed by atoms with Gasteiger partial charge in [0.05, 0.1) is 45.7 Å². The fourth-order valence-corrected chi connectivity index (χ4v) is 6.43. The minimum absolute atomic E-state index is 0.0834. The predicted molar refractivity (Wildman–Crippen MR) is 174 cm³/mol. The Labute approximate surface area is 268 Å². The molecule has 2 unspecified atom stereocenters. The molecule has 46 heavy (non-hydrogen) atoms. The number of methoxy groups -OCH3 is 3. The van der Waals surface area contributed by atoms with Gasteiger partial charge in [-0.1, -0.05) is 54.6 Å².